The number of pyridine rings is 2. The molecular weight excluding hydrogens is 845 g/mol. The molecule has 0 saturated heterocycles. The molecule has 1 aliphatic rings. The van der Waals surface area contributed by atoms with Gasteiger partial charge in [-0.1, -0.05) is 134 Å². The van der Waals surface area contributed by atoms with Crippen molar-refractivity contribution < 1.29 is 28.3 Å². The smallest absolute Gasteiger partial charge is 0.0280 e. The summed E-state index contributed by atoms with van der Waals surface area (Å²) in [5.41, 5.74) is 14.4. The van der Waals surface area contributed by atoms with Crippen molar-refractivity contribution in [3.8, 4) is 55.9 Å². The first-order chi connectivity index (χ1) is 28.7. The molecule has 1 saturated carbocycles. The van der Waals surface area contributed by atoms with Crippen LogP contribution in [0.3, 0.4) is 0 Å². The second-order valence-corrected chi connectivity index (χ2v) is 15.1. The molecule has 0 atom stereocenters. The van der Waals surface area contributed by atoms with E-state index in [0.717, 1.165) is 57.5 Å². The Morgan fingerprint density at radius 3 is 2.11 bits per heavy atom. The fourth-order valence-corrected chi connectivity index (χ4v) is 8.07. The third-order valence-corrected chi connectivity index (χ3v) is 11.1. The summed E-state index contributed by atoms with van der Waals surface area (Å²) < 4.78 is 47.2. The Morgan fingerprint density at radius 2 is 1.38 bits per heavy atom. The van der Waals surface area contributed by atoms with Crippen molar-refractivity contribution in [1.82, 2.24) is 9.97 Å². The van der Waals surface area contributed by atoms with Gasteiger partial charge in [0.05, 0.1) is 0 Å². The summed E-state index contributed by atoms with van der Waals surface area (Å²) in [4.78, 5) is 9.00. The average Bonchev–Trinajstić information content (AvgIpc) is 3.25. The maximum atomic E-state index is 8.02. The van der Waals surface area contributed by atoms with E-state index in [9.17, 15) is 0 Å². The van der Waals surface area contributed by atoms with Gasteiger partial charge in [0.15, 0.2) is 0 Å². The molecule has 0 unspecified atom stereocenters. The molecule has 5 aromatic carbocycles. The van der Waals surface area contributed by atoms with Crippen molar-refractivity contribution in [2.24, 2.45) is 0 Å². The van der Waals surface area contributed by atoms with E-state index in [1.807, 2.05) is 24.4 Å². The van der Waals surface area contributed by atoms with Gasteiger partial charge < -0.3 is 9.97 Å². The van der Waals surface area contributed by atoms with E-state index in [0.29, 0.717) is 5.56 Å². The Balaban J connectivity index is 0.00000561. The summed E-state index contributed by atoms with van der Waals surface area (Å²) in [6.07, 6.45) is 11.2. The molecule has 3 heteroatoms. The summed E-state index contributed by atoms with van der Waals surface area (Å²) in [6, 6.07) is 48.6. The standard InChI is InChI=1S/C52H48N2.Ir/c1-36-31-40(13-12-39-14-16-44(17-15-39)51-38(3)30-37(2)35-54-51)33-46(32-36)49-11-7-6-10-48(49)42-18-20-43(21-19-42)50-34-45(26-29-53-50)41-22-24-47(25-23-41)52(4)27-8-5-9-28-52;/h6-7,10-11,14-16,18-20,22-26,29-35H,5,8-9,12-13,27-28H2,1-4H3;/q-2;/i2D3,3D3;. The Kier molecular flexibility index (Phi) is 9.57. The molecule has 1 fully saturated rings. The number of hydrogen-bond donors (Lipinski definition) is 0. The molecule has 0 amide bonds. The summed E-state index contributed by atoms with van der Waals surface area (Å²) in [6.45, 7) is -0.430. The minimum Gasteiger partial charge on any atom is -0.305 e. The zero-order valence-electron chi connectivity index (χ0n) is 37.4. The molecule has 0 N–H and O–H groups in total. The van der Waals surface area contributed by atoms with Gasteiger partial charge in [0.2, 0.25) is 0 Å². The van der Waals surface area contributed by atoms with Gasteiger partial charge in [-0.2, -0.15) is 0 Å². The number of aromatic nitrogens is 2. The minimum absolute atomic E-state index is 0. The third kappa shape index (κ3) is 8.65. The third-order valence-electron chi connectivity index (χ3n) is 11.1. The van der Waals surface area contributed by atoms with E-state index in [4.69, 9.17) is 13.2 Å². The summed E-state index contributed by atoms with van der Waals surface area (Å²) in [5, 5.41) is 0. The fourth-order valence-electron chi connectivity index (χ4n) is 8.07. The van der Waals surface area contributed by atoms with Crippen LogP contribution in [0.25, 0.3) is 55.9 Å². The minimum atomic E-state index is -2.52. The normalized spacial score (nSPS) is 15.7. The summed E-state index contributed by atoms with van der Waals surface area (Å²) in [7, 11) is 0. The van der Waals surface area contributed by atoms with Gasteiger partial charge in [0.25, 0.3) is 0 Å². The summed E-state index contributed by atoms with van der Waals surface area (Å²) in [5.74, 6) is 0. The maximum Gasteiger partial charge on any atom is 0.0280 e. The Hall–Kier alpha value is -4.95. The van der Waals surface area contributed by atoms with Crippen LogP contribution < -0.4 is 0 Å². The van der Waals surface area contributed by atoms with E-state index in [2.05, 4.69) is 128 Å². The molecule has 55 heavy (non-hydrogen) atoms. The Bertz CT molecular complexity index is 2610. The monoisotopic (exact) mass is 899 g/mol. The number of nitrogens with zero attached hydrogens (tertiary/aromatic N) is 2. The van der Waals surface area contributed by atoms with Crippen molar-refractivity contribution in [2.45, 2.75) is 77.9 Å². The van der Waals surface area contributed by atoms with Crippen molar-refractivity contribution >= 4 is 0 Å². The topological polar surface area (TPSA) is 25.8 Å². The fraction of sp³-hybridized carbons (Fsp3) is 0.231. The van der Waals surface area contributed by atoms with Gasteiger partial charge >= 0.3 is 0 Å². The van der Waals surface area contributed by atoms with Gasteiger partial charge in [-0.3, -0.25) is 0 Å². The zero-order chi connectivity index (χ0) is 42.1. The number of benzene rings is 5. The van der Waals surface area contributed by atoms with Crippen LogP contribution in [0.1, 0.15) is 80.6 Å². The second kappa shape index (κ2) is 16.8. The van der Waals surface area contributed by atoms with E-state index < -0.39 is 13.7 Å². The zero-order valence-corrected chi connectivity index (χ0v) is 33.8. The predicted octanol–water partition coefficient (Wildman–Crippen LogP) is 13.3. The largest absolute Gasteiger partial charge is 0.305 e. The number of aryl methyl sites for hydroxylation is 5. The molecule has 8 rings (SSSR count). The molecule has 277 valence electrons. The van der Waals surface area contributed by atoms with Gasteiger partial charge in [-0.25, -0.2) is 0 Å². The van der Waals surface area contributed by atoms with Crippen LogP contribution in [0, 0.1) is 32.8 Å². The van der Waals surface area contributed by atoms with E-state index in [1.54, 1.807) is 0 Å². The van der Waals surface area contributed by atoms with Crippen molar-refractivity contribution in [1.29, 1.82) is 0 Å². The predicted molar refractivity (Wildman–Crippen MR) is 225 cm³/mol. The second-order valence-electron chi connectivity index (χ2n) is 15.1. The van der Waals surface area contributed by atoms with Gasteiger partial charge in [-0.05, 0) is 102 Å². The molecule has 2 heterocycles. The molecule has 2 nitrogen and oxygen atoms in total. The molecule has 1 aliphatic carbocycles. The first-order valence-electron chi connectivity index (χ1n) is 22.1. The van der Waals surface area contributed by atoms with Gasteiger partial charge in [0.1, 0.15) is 0 Å². The van der Waals surface area contributed by atoms with Crippen molar-refractivity contribution in [3.63, 3.8) is 0 Å². The van der Waals surface area contributed by atoms with E-state index >= 15 is 0 Å². The van der Waals surface area contributed by atoms with Crippen molar-refractivity contribution in [3.05, 3.63) is 179 Å². The maximum absolute atomic E-state index is 8.02. The molecule has 0 aliphatic heterocycles. The van der Waals surface area contributed by atoms with Crippen LogP contribution in [0.2, 0.25) is 0 Å². The molecule has 2 aromatic heterocycles. The summed E-state index contributed by atoms with van der Waals surface area (Å²) >= 11 is 0. The van der Waals surface area contributed by atoms with Crippen LogP contribution in [-0.2, 0) is 38.4 Å². The van der Waals surface area contributed by atoms with Crippen LogP contribution >= 0.6 is 0 Å². The van der Waals surface area contributed by atoms with Crippen LogP contribution in [0.5, 0.6) is 0 Å². The molecule has 1 radical (unpaired) electrons. The SMILES string of the molecule is [2H]C([2H])([2H])c1cnc(-c2[c-]cc(CCc3cc(C)cc(-c4ccccc4-c4c[c-]c(-c5cc(-c6ccc(C7(C)CCCCC7)cc6)ccn5)cc4)c3)cc2)c(C([2H])([2H])[2H])c1.[Ir]. The Morgan fingerprint density at radius 1 is 0.636 bits per heavy atom. The van der Waals surface area contributed by atoms with E-state index in [-0.39, 0.29) is 42.3 Å². The van der Waals surface area contributed by atoms with Crippen LogP contribution in [0.15, 0.2) is 134 Å². The van der Waals surface area contributed by atoms with Crippen molar-refractivity contribution in [2.75, 3.05) is 0 Å². The van der Waals surface area contributed by atoms with Crippen LogP contribution in [0.4, 0.5) is 0 Å². The number of hydrogen-bond acceptors (Lipinski definition) is 2. The first-order valence-corrected chi connectivity index (χ1v) is 19.1. The first kappa shape index (κ1) is 31.3. The van der Waals surface area contributed by atoms with Crippen LogP contribution in [-0.4, -0.2) is 9.97 Å². The molecule has 0 bridgehead atoms. The molecule has 7 aromatic rings. The van der Waals surface area contributed by atoms with E-state index in [1.165, 1.54) is 66.6 Å². The quantitative estimate of drug-likeness (QED) is 0.135. The average molecular weight is 899 g/mol. The van der Waals surface area contributed by atoms with Gasteiger partial charge in [0, 0.05) is 40.7 Å². The Labute approximate surface area is 349 Å². The number of rotatable bonds is 9. The molecule has 0 spiro atoms. The molecular formula is C52H48IrN2-2. The van der Waals surface area contributed by atoms with Gasteiger partial charge in [-0.15, -0.1) is 65.2 Å².